The predicted octanol–water partition coefficient (Wildman–Crippen LogP) is 3.68. The largest absolute Gasteiger partial charge is 0.342 e. The van der Waals surface area contributed by atoms with Crippen LogP contribution < -0.4 is 5.32 Å². The summed E-state index contributed by atoms with van der Waals surface area (Å²) in [5, 5.41) is 8.01. The van der Waals surface area contributed by atoms with Crippen LogP contribution in [0.15, 0.2) is 73.1 Å². The van der Waals surface area contributed by atoms with Crippen molar-refractivity contribution in [1.82, 2.24) is 14.3 Å². The van der Waals surface area contributed by atoms with Gasteiger partial charge >= 0.3 is 0 Å². The number of hydrogen-bond acceptors (Lipinski definition) is 2. The van der Waals surface area contributed by atoms with Crippen LogP contribution in [0.4, 0.5) is 5.82 Å². The summed E-state index contributed by atoms with van der Waals surface area (Å²) in [5.41, 5.74) is 2.88. The molecule has 1 N–H and O–H groups in total. The molecule has 0 aliphatic rings. The van der Waals surface area contributed by atoms with Gasteiger partial charge in [-0.25, -0.2) is 0 Å². The van der Waals surface area contributed by atoms with Gasteiger partial charge in [0.05, 0.1) is 5.56 Å². The van der Waals surface area contributed by atoms with Crippen molar-refractivity contribution >= 4 is 22.6 Å². The van der Waals surface area contributed by atoms with Crippen molar-refractivity contribution < 1.29 is 4.79 Å². The zero-order valence-corrected chi connectivity index (χ0v) is 13.9. The van der Waals surface area contributed by atoms with Gasteiger partial charge in [-0.1, -0.05) is 48.5 Å². The van der Waals surface area contributed by atoms with Gasteiger partial charge in [-0.3, -0.25) is 9.48 Å². The minimum absolute atomic E-state index is 0.151. The lowest BCUT2D eigenvalue weighted by Crippen LogP contribution is -2.12. The van der Waals surface area contributed by atoms with Crippen molar-refractivity contribution in [3.05, 3.63) is 84.2 Å². The maximum atomic E-state index is 12.7. The Bertz CT molecular complexity index is 1030. The van der Waals surface area contributed by atoms with E-state index in [2.05, 4.69) is 27.1 Å². The molecule has 0 aliphatic heterocycles. The van der Waals surface area contributed by atoms with Crippen molar-refractivity contribution in [3.8, 4) is 0 Å². The lowest BCUT2D eigenvalue weighted by molar-refractivity contribution is 0.102. The third-order valence-electron chi connectivity index (χ3n) is 4.18. The average Bonchev–Trinajstić information content (AvgIpc) is 3.20. The number of aryl methyl sites for hydroxylation is 1. The van der Waals surface area contributed by atoms with Gasteiger partial charge in [0, 0.05) is 43.0 Å². The number of carbonyl (C=O) groups excluding carboxylic acids is 1. The zero-order chi connectivity index (χ0) is 17.2. The van der Waals surface area contributed by atoms with Gasteiger partial charge in [0.25, 0.3) is 5.91 Å². The lowest BCUT2D eigenvalue weighted by atomic mass is 10.1. The van der Waals surface area contributed by atoms with Crippen LogP contribution in [0, 0.1) is 0 Å². The number of para-hydroxylation sites is 1. The molecule has 0 saturated heterocycles. The third-order valence-corrected chi connectivity index (χ3v) is 4.18. The summed E-state index contributed by atoms with van der Waals surface area (Å²) >= 11 is 0. The highest BCUT2D eigenvalue weighted by molar-refractivity contribution is 6.12. The number of nitrogens with one attached hydrogen (secondary N) is 1. The maximum Gasteiger partial charge on any atom is 0.259 e. The molecule has 4 aromatic rings. The quantitative estimate of drug-likeness (QED) is 0.620. The molecule has 0 radical (unpaired) electrons. The van der Waals surface area contributed by atoms with Crippen molar-refractivity contribution in [2.45, 2.75) is 6.54 Å². The second kappa shape index (κ2) is 6.28. The normalized spacial score (nSPS) is 10.9. The molecule has 0 atom stereocenters. The molecule has 4 rings (SSSR count). The second-order valence-electron chi connectivity index (χ2n) is 6.00. The average molecular weight is 330 g/mol. The van der Waals surface area contributed by atoms with E-state index in [0.717, 1.165) is 17.4 Å². The fourth-order valence-corrected chi connectivity index (χ4v) is 3.00. The predicted molar refractivity (Wildman–Crippen MR) is 98.6 cm³/mol. The van der Waals surface area contributed by atoms with E-state index in [9.17, 15) is 4.79 Å². The molecule has 0 spiro atoms. The van der Waals surface area contributed by atoms with E-state index in [1.807, 2.05) is 55.7 Å². The van der Waals surface area contributed by atoms with Gasteiger partial charge in [0.15, 0.2) is 5.82 Å². The first kappa shape index (κ1) is 15.2. The standard InChI is InChI=1S/C20H18N4O/c1-23-12-11-19(22-23)21-20(25)17-14-24(13-15-7-3-2-4-8-15)18-10-6-5-9-16(17)18/h2-12,14H,13H2,1H3,(H,21,22,25). The minimum atomic E-state index is -0.151. The van der Waals surface area contributed by atoms with Crippen LogP contribution in [0.1, 0.15) is 15.9 Å². The summed E-state index contributed by atoms with van der Waals surface area (Å²) in [6.45, 7) is 0.720. The monoisotopic (exact) mass is 330 g/mol. The molecule has 5 nitrogen and oxygen atoms in total. The number of nitrogens with zero attached hydrogens (tertiary/aromatic N) is 3. The Labute approximate surface area is 145 Å². The van der Waals surface area contributed by atoms with E-state index in [-0.39, 0.29) is 5.91 Å². The van der Waals surface area contributed by atoms with E-state index >= 15 is 0 Å². The Kier molecular flexibility index (Phi) is 3.82. The molecule has 2 heterocycles. The summed E-state index contributed by atoms with van der Waals surface area (Å²) in [5.74, 6) is 0.397. The number of carbonyl (C=O) groups is 1. The molecule has 1 amide bonds. The SMILES string of the molecule is Cn1ccc(NC(=O)c2cn(Cc3ccccc3)c3ccccc23)n1. The van der Waals surface area contributed by atoms with Crippen molar-refractivity contribution in [2.75, 3.05) is 5.32 Å². The van der Waals surface area contributed by atoms with Gasteiger partial charge in [0.1, 0.15) is 0 Å². The van der Waals surface area contributed by atoms with Crippen LogP contribution in [0.5, 0.6) is 0 Å². The molecule has 0 saturated carbocycles. The van der Waals surface area contributed by atoms with Gasteiger partial charge in [0.2, 0.25) is 0 Å². The van der Waals surface area contributed by atoms with Crippen LogP contribution in [0.25, 0.3) is 10.9 Å². The molecule has 0 unspecified atom stereocenters. The molecule has 0 fully saturated rings. The first-order valence-corrected chi connectivity index (χ1v) is 8.13. The summed E-state index contributed by atoms with van der Waals surface area (Å²) in [7, 11) is 1.82. The van der Waals surface area contributed by atoms with Gasteiger partial charge in [-0.15, -0.1) is 0 Å². The molecule has 124 valence electrons. The first-order chi connectivity index (χ1) is 12.2. The fraction of sp³-hybridized carbons (Fsp3) is 0.100. The summed E-state index contributed by atoms with van der Waals surface area (Å²) < 4.78 is 3.77. The Morgan fingerprint density at radius 1 is 1.04 bits per heavy atom. The molecule has 0 aliphatic carbocycles. The molecule has 0 bridgehead atoms. The Balaban J connectivity index is 1.70. The Hall–Kier alpha value is -3.34. The number of amides is 1. The molecule has 5 heteroatoms. The van der Waals surface area contributed by atoms with Crippen molar-refractivity contribution in [1.29, 1.82) is 0 Å². The van der Waals surface area contributed by atoms with Gasteiger partial charge in [-0.2, -0.15) is 5.10 Å². The van der Waals surface area contributed by atoms with E-state index in [1.54, 1.807) is 16.9 Å². The number of hydrogen-bond donors (Lipinski definition) is 1. The van der Waals surface area contributed by atoms with E-state index in [0.29, 0.717) is 11.4 Å². The maximum absolute atomic E-state index is 12.7. The second-order valence-corrected chi connectivity index (χ2v) is 6.00. The van der Waals surface area contributed by atoms with Gasteiger partial charge in [-0.05, 0) is 11.6 Å². The smallest absolute Gasteiger partial charge is 0.259 e. The highest BCUT2D eigenvalue weighted by Crippen LogP contribution is 2.23. The van der Waals surface area contributed by atoms with Crippen LogP contribution in [-0.4, -0.2) is 20.3 Å². The molecular formula is C20H18N4O. The van der Waals surface area contributed by atoms with Crippen molar-refractivity contribution in [3.63, 3.8) is 0 Å². The van der Waals surface area contributed by atoms with E-state index < -0.39 is 0 Å². The Morgan fingerprint density at radius 3 is 2.56 bits per heavy atom. The van der Waals surface area contributed by atoms with E-state index in [4.69, 9.17) is 0 Å². The number of benzene rings is 2. The van der Waals surface area contributed by atoms with Gasteiger partial charge < -0.3 is 9.88 Å². The van der Waals surface area contributed by atoms with Crippen LogP contribution >= 0.6 is 0 Å². The van der Waals surface area contributed by atoms with Crippen LogP contribution in [0.3, 0.4) is 0 Å². The fourth-order valence-electron chi connectivity index (χ4n) is 3.00. The molecular weight excluding hydrogens is 312 g/mol. The highest BCUT2D eigenvalue weighted by Gasteiger charge is 2.16. The zero-order valence-electron chi connectivity index (χ0n) is 13.9. The molecule has 25 heavy (non-hydrogen) atoms. The topological polar surface area (TPSA) is 51.9 Å². The minimum Gasteiger partial charge on any atom is -0.342 e. The van der Waals surface area contributed by atoms with E-state index in [1.165, 1.54) is 5.56 Å². The Morgan fingerprint density at radius 2 is 1.80 bits per heavy atom. The summed E-state index contributed by atoms with van der Waals surface area (Å²) in [6, 6.07) is 20.0. The third kappa shape index (κ3) is 3.04. The van der Waals surface area contributed by atoms with Crippen molar-refractivity contribution in [2.24, 2.45) is 7.05 Å². The van der Waals surface area contributed by atoms with Crippen LogP contribution in [-0.2, 0) is 13.6 Å². The number of fused-ring (bicyclic) bond motifs is 1. The molecule has 2 aromatic heterocycles. The first-order valence-electron chi connectivity index (χ1n) is 8.13. The lowest BCUT2D eigenvalue weighted by Gasteiger charge is -2.05. The number of anilines is 1. The summed E-state index contributed by atoms with van der Waals surface area (Å²) in [4.78, 5) is 12.7. The van der Waals surface area contributed by atoms with Crippen LogP contribution in [0.2, 0.25) is 0 Å². The number of aromatic nitrogens is 3. The highest BCUT2D eigenvalue weighted by atomic mass is 16.1. The number of rotatable bonds is 4. The molecule has 2 aromatic carbocycles. The summed E-state index contributed by atoms with van der Waals surface area (Å²) in [6.07, 6.45) is 3.71.